The number of hydrogen-bond acceptors (Lipinski definition) is 4. The maximum Gasteiger partial charge on any atom is 0.332 e. The van der Waals surface area contributed by atoms with Gasteiger partial charge < -0.3 is 14.9 Å². The van der Waals surface area contributed by atoms with Gasteiger partial charge in [-0.1, -0.05) is 20.8 Å². The van der Waals surface area contributed by atoms with E-state index in [1.165, 1.54) is 13.8 Å². The highest BCUT2D eigenvalue weighted by Gasteiger charge is 2.41. The second-order valence-electron chi connectivity index (χ2n) is 5.93. The third-order valence-electron chi connectivity index (χ3n) is 2.56. The number of aliphatic hydroxyl groups excluding tert-OH is 1. The Labute approximate surface area is 102 Å². The molecule has 0 rings (SSSR count). The molecule has 0 spiro atoms. The first-order chi connectivity index (χ1) is 7.50. The Morgan fingerprint density at radius 2 is 1.65 bits per heavy atom. The number of esters is 1. The number of ether oxygens (including phenoxy) is 1. The normalized spacial score (nSPS) is 14.2. The molecule has 0 saturated heterocycles. The van der Waals surface area contributed by atoms with Crippen LogP contribution in [0.15, 0.2) is 0 Å². The van der Waals surface area contributed by atoms with E-state index >= 15 is 0 Å². The van der Waals surface area contributed by atoms with Gasteiger partial charge in [0, 0.05) is 0 Å². The number of carbonyl (C=O) groups excluding carboxylic acids is 1. The van der Waals surface area contributed by atoms with Crippen molar-refractivity contribution in [2.45, 2.75) is 47.1 Å². The summed E-state index contributed by atoms with van der Waals surface area (Å²) in [6.45, 7) is 8.09. The second-order valence-corrected chi connectivity index (χ2v) is 5.93. The largest absolute Gasteiger partial charge is 0.481 e. The van der Waals surface area contributed by atoms with Crippen LogP contribution in [0.4, 0.5) is 0 Å². The van der Waals surface area contributed by atoms with Crippen LogP contribution < -0.4 is 0 Å². The molecule has 0 saturated carbocycles. The molecule has 0 heterocycles. The van der Waals surface area contributed by atoms with E-state index in [0.717, 1.165) is 0 Å². The number of carboxylic acid groups (broad SMARTS) is 1. The Balaban J connectivity index is 4.98. The molecule has 0 radical (unpaired) electrons. The first-order valence-electron chi connectivity index (χ1n) is 5.54. The summed E-state index contributed by atoms with van der Waals surface area (Å²) in [5.74, 6) is -1.83. The molecule has 2 N–H and O–H groups in total. The summed E-state index contributed by atoms with van der Waals surface area (Å²) in [6, 6.07) is 0. The highest BCUT2D eigenvalue weighted by molar-refractivity contribution is 5.76. The van der Waals surface area contributed by atoms with Gasteiger partial charge in [-0.15, -0.1) is 0 Å². The van der Waals surface area contributed by atoms with E-state index in [2.05, 4.69) is 0 Å². The van der Waals surface area contributed by atoms with Gasteiger partial charge in [0.05, 0.1) is 5.41 Å². The minimum atomic E-state index is -1.18. The first kappa shape index (κ1) is 15.9. The lowest BCUT2D eigenvalue weighted by atomic mass is 9.77. The summed E-state index contributed by atoms with van der Waals surface area (Å²) < 4.78 is 5.03. The standard InChI is InChI=1S/C12H22O5/c1-11(2,3)6-8(17-9(14)7-13)12(4,5)10(15)16/h8,13H,6-7H2,1-5H3,(H,15,16). The molecule has 100 valence electrons. The lowest BCUT2D eigenvalue weighted by molar-refractivity contribution is -0.170. The number of carbonyl (C=O) groups is 2. The van der Waals surface area contributed by atoms with Gasteiger partial charge in [0.2, 0.25) is 0 Å². The molecule has 0 amide bonds. The van der Waals surface area contributed by atoms with Crippen LogP contribution in [-0.4, -0.2) is 34.9 Å². The number of hydrogen-bond donors (Lipinski definition) is 2. The highest BCUT2D eigenvalue weighted by atomic mass is 16.6. The van der Waals surface area contributed by atoms with Crippen molar-refractivity contribution in [1.29, 1.82) is 0 Å². The number of rotatable bonds is 5. The zero-order chi connectivity index (χ0) is 13.9. The fourth-order valence-corrected chi connectivity index (χ4v) is 1.33. The topological polar surface area (TPSA) is 83.8 Å². The molecule has 17 heavy (non-hydrogen) atoms. The van der Waals surface area contributed by atoms with Crippen LogP contribution in [0, 0.1) is 10.8 Å². The van der Waals surface area contributed by atoms with Crippen molar-refractivity contribution in [3.8, 4) is 0 Å². The van der Waals surface area contributed by atoms with E-state index < -0.39 is 30.1 Å². The Kier molecular flexibility index (Phi) is 5.13. The van der Waals surface area contributed by atoms with E-state index in [9.17, 15) is 9.59 Å². The fourth-order valence-electron chi connectivity index (χ4n) is 1.33. The summed E-state index contributed by atoms with van der Waals surface area (Å²) in [5, 5.41) is 17.8. The van der Waals surface area contributed by atoms with Crippen molar-refractivity contribution in [2.24, 2.45) is 10.8 Å². The molecule has 0 fully saturated rings. The molecule has 1 unspecified atom stereocenters. The van der Waals surface area contributed by atoms with E-state index in [4.69, 9.17) is 14.9 Å². The summed E-state index contributed by atoms with van der Waals surface area (Å²) in [4.78, 5) is 22.3. The van der Waals surface area contributed by atoms with Gasteiger partial charge in [-0.05, 0) is 25.7 Å². The Morgan fingerprint density at radius 3 is 1.94 bits per heavy atom. The third kappa shape index (κ3) is 5.17. The Morgan fingerprint density at radius 1 is 1.18 bits per heavy atom. The number of aliphatic hydroxyl groups is 1. The van der Waals surface area contributed by atoms with Gasteiger partial charge in [-0.3, -0.25) is 4.79 Å². The van der Waals surface area contributed by atoms with Crippen molar-refractivity contribution in [3.05, 3.63) is 0 Å². The van der Waals surface area contributed by atoms with Crippen LogP contribution in [0.2, 0.25) is 0 Å². The Bertz CT molecular complexity index is 288. The molecule has 5 heteroatoms. The van der Waals surface area contributed by atoms with Gasteiger partial charge in [0.15, 0.2) is 0 Å². The predicted molar refractivity (Wildman–Crippen MR) is 62.5 cm³/mol. The van der Waals surface area contributed by atoms with Crippen LogP contribution >= 0.6 is 0 Å². The molecule has 0 aliphatic heterocycles. The molecule has 0 aromatic heterocycles. The van der Waals surface area contributed by atoms with Gasteiger partial charge >= 0.3 is 11.9 Å². The number of aliphatic carboxylic acids is 1. The zero-order valence-electron chi connectivity index (χ0n) is 11.1. The van der Waals surface area contributed by atoms with Crippen LogP contribution in [0.25, 0.3) is 0 Å². The maximum absolute atomic E-state index is 11.2. The quantitative estimate of drug-likeness (QED) is 0.717. The van der Waals surface area contributed by atoms with E-state index in [1.54, 1.807) is 0 Å². The molecule has 1 atom stereocenters. The minimum absolute atomic E-state index is 0.173. The molecule has 0 aromatic carbocycles. The molecular weight excluding hydrogens is 224 g/mol. The monoisotopic (exact) mass is 246 g/mol. The SMILES string of the molecule is CC(C)(C)CC(OC(=O)CO)C(C)(C)C(=O)O. The molecular formula is C12H22O5. The molecule has 0 aliphatic carbocycles. The average Bonchev–Trinajstić information content (AvgIpc) is 2.14. The van der Waals surface area contributed by atoms with Gasteiger partial charge in [0.25, 0.3) is 0 Å². The van der Waals surface area contributed by atoms with E-state index in [0.29, 0.717) is 6.42 Å². The predicted octanol–water partition coefficient (Wildman–Crippen LogP) is 1.44. The molecule has 5 nitrogen and oxygen atoms in total. The van der Waals surface area contributed by atoms with Crippen molar-refractivity contribution in [2.75, 3.05) is 6.61 Å². The van der Waals surface area contributed by atoms with Crippen molar-refractivity contribution < 1.29 is 24.5 Å². The van der Waals surface area contributed by atoms with Crippen LogP contribution in [-0.2, 0) is 14.3 Å². The smallest absolute Gasteiger partial charge is 0.332 e. The van der Waals surface area contributed by atoms with E-state index in [1.807, 2.05) is 20.8 Å². The molecule has 0 aliphatic rings. The third-order valence-corrected chi connectivity index (χ3v) is 2.56. The zero-order valence-corrected chi connectivity index (χ0v) is 11.1. The van der Waals surface area contributed by atoms with Gasteiger partial charge in [-0.2, -0.15) is 0 Å². The summed E-state index contributed by atoms with van der Waals surface area (Å²) >= 11 is 0. The van der Waals surface area contributed by atoms with Gasteiger partial charge in [-0.25, -0.2) is 4.79 Å². The van der Waals surface area contributed by atoms with Crippen LogP contribution in [0.3, 0.4) is 0 Å². The summed E-state index contributed by atoms with van der Waals surface area (Å²) in [7, 11) is 0. The lowest BCUT2D eigenvalue weighted by Gasteiger charge is -2.34. The van der Waals surface area contributed by atoms with Crippen molar-refractivity contribution in [1.82, 2.24) is 0 Å². The average molecular weight is 246 g/mol. The molecule has 0 bridgehead atoms. The molecule has 0 aromatic rings. The van der Waals surface area contributed by atoms with E-state index in [-0.39, 0.29) is 5.41 Å². The van der Waals surface area contributed by atoms with Crippen LogP contribution in [0.5, 0.6) is 0 Å². The lowest BCUT2D eigenvalue weighted by Crippen LogP contribution is -2.42. The van der Waals surface area contributed by atoms with Gasteiger partial charge in [0.1, 0.15) is 12.7 Å². The van der Waals surface area contributed by atoms with Crippen LogP contribution in [0.1, 0.15) is 41.0 Å². The maximum atomic E-state index is 11.2. The highest BCUT2D eigenvalue weighted by Crippen LogP contribution is 2.33. The summed E-state index contributed by atoms with van der Waals surface area (Å²) in [6.07, 6.45) is -0.349. The van der Waals surface area contributed by atoms with Crippen molar-refractivity contribution >= 4 is 11.9 Å². The van der Waals surface area contributed by atoms with Crippen molar-refractivity contribution in [3.63, 3.8) is 0 Å². The minimum Gasteiger partial charge on any atom is -0.481 e. The Hall–Kier alpha value is -1.10. The fraction of sp³-hybridized carbons (Fsp3) is 0.833. The number of carboxylic acids is 1. The second kappa shape index (κ2) is 5.49. The first-order valence-corrected chi connectivity index (χ1v) is 5.54. The summed E-state index contributed by atoms with van der Waals surface area (Å²) in [5.41, 5.74) is -1.36.